The largest absolute Gasteiger partial charge is 0.433 e. The van der Waals surface area contributed by atoms with Crippen LogP contribution in [0.1, 0.15) is 0 Å². The molecule has 7 heteroatoms. The lowest BCUT2D eigenvalue weighted by atomic mass is 10.2. The quantitative estimate of drug-likeness (QED) is 0.848. The second-order valence-electron chi connectivity index (χ2n) is 2.92. The highest BCUT2D eigenvalue weighted by atomic mass is 79.9. The van der Waals surface area contributed by atoms with Gasteiger partial charge in [0.05, 0.1) is 18.5 Å². The van der Waals surface area contributed by atoms with Gasteiger partial charge in [0.2, 0.25) is 0 Å². The van der Waals surface area contributed by atoms with Crippen molar-refractivity contribution in [1.29, 1.82) is 0 Å². The molecular formula is C9H10BrF3N2O. The van der Waals surface area contributed by atoms with Crippen LogP contribution in [0.15, 0.2) is 34.2 Å². The molecule has 1 rings (SSSR count). The Morgan fingerprint density at radius 1 is 1.50 bits per heavy atom. The van der Waals surface area contributed by atoms with E-state index in [0.29, 0.717) is 10.8 Å². The smallest absolute Gasteiger partial charge is 0.385 e. The molecule has 0 radical (unpaired) electrons. The van der Waals surface area contributed by atoms with E-state index in [1.165, 1.54) is 0 Å². The van der Waals surface area contributed by atoms with E-state index in [-0.39, 0.29) is 10.2 Å². The van der Waals surface area contributed by atoms with Crippen molar-refractivity contribution in [1.82, 2.24) is 10.4 Å². The van der Waals surface area contributed by atoms with Crippen LogP contribution in [-0.2, 0) is 4.84 Å². The van der Waals surface area contributed by atoms with Crippen LogP contribution in [-0.4, -0.2) is 25.4 Å². The first-order valence-electron chi connectivity index (χ1n) is 4.22. The number of allylic oxidation sites excluding steroid dienone is 3. The maximum Gasteiger partial charge on any atom is 0.433 e. The Balaban J connectivity index is 3.27. The van der Waals surface area contributed by atoms with Gasteiger partial charge in [0, 0.05) is 11.5 Å². The van der Waals surface area contributed by atoms with Crippen LogP contribution >= 0.6 is 15.9 Å². The molecule has 1 aliphatic heterocycles. The van der Waals surface area contributed by atoms with E-state index in [9.17, 15) is 13.2 Å². The van der Waals surface area contributed by atoms with Crippen LogP contribution in [0.25, 0.3) is 0 Å². The average molecular weight is 299 g/mol. The summed E-state index contributed by atoms with van der Waals surface area (Å²) in [6.07, 6.45) is -3.57. The van der Waals surface area contributed by atoms with E-state index in [1.54, 1.807) is 7.05 Å². The number of alkyl halides is 3. The SMILES string of the molecule is C=C1C(NC)=C(Br)C=C(C(F)(F)F)N1OC. The normalized spacial score (nSPS) is 17.8. The van der Waals surface area contributed by atoms with Crippen LogP contribution in [0.5, 0.6) is 0 Å². The number of rotatable bonds is 2. The molecule has 1 heterocycles. The lowest BCUT2D eigenvalue weighted by molar-refractivity contribution is -0.165. The van der Waals surface area contributed by atoms with Gasteiger partial charge in [-0.2, -0.15) is 13.2 Å². The molecule has 1 aliphatic rings. The number of hydrogen-bond acceptors (Lipinski definition) is 3. The van der Waals surface area contributed by atoms with Crippen molar-refractivity contribution < 1.29 is 18.0 Å². The van der Waals surface area contributed by atoms with Gasteiger partial charge in [0.15, 0.2) is 5.70 Å². The summed E-state index contributed by atoms with van der Waals surface area (Å²) in [4.78, 5) is 4.67. The maximum atomic E-state index is 12.7. The summed E-state index contributed by atoms with van der Waals surface area (Å²) in [5, 5.41) is 3.37. The zero-order chi connectivity index (χ0) is 12.5. The topological polar surface area (TPSA) is 24.5 Å². The summed E-state index contributed by atoms with van der Waals surface area (Å²) in [5.41, 5.74) is -0.396. The Kier molecular flexibility index (Phi) is 3.69. The second-order valence-corrected chi connectivity index (χ2v) is 3.78. The second kappa shape index (κ2) is 4.50. The Bertz CT molecular complexity index is 373. The summed E-state index contributed by atoms with van der Waals surface area (Å²) in [6.45, 7) is 3.54. The molecule has 16 heavy (non-hydrogen) atoms. The molecule has 0 aliphatic carbocycles. The number of hydroxylamine groups is 2. The minimum Gasteiger partial charge on any atom is -0.385 e. The molecule has 0 aromatic rings. The third-order valence-corrected chi connectivity index (χ3v) is 2.60. The van der Waals surface area contributed by atoms with Gasteiger partial charge < -0.3 is 5.32 Å². The van der Waals surface area contributed by atoms with E-state index >= 15 is 0 Å². The van der Waals surface area contributed by atoms with Crippen LogP contribution in [0, 0.1) is 0 Å². The van der Waals surface area contributed by atoms with Crippen molar-refractivity contribution >= 4 is 15.9 Å². The van der Waals surface area contributed by atoms with Gasteiger partial charge in [0.25, 0.3) is 0 Å². The summed E-state index contributed by atoms with van der Waals surface area (Å²) < 4.78 is 38.3. The molecule has 90 valence electrons. The molecule has 0 bridgehead atoms. The van der Waals surface area contributed by atoms with Gasteiger partial charge in [0.1, 0.15) is 0 Å². The number of nitrogens with one attached hydrogen (secondary N) is 1. The van der Waals surface area contributed by atoms with Crippen molar-refractivity contribution in [3.8, 4) is 0 Å². The van der Waals surface area contributed by atoms with E-state index < -0.39 is 11.9 Å². The highest BCUT2D eigenvalue weighted by molar-refractivity contribution is 9.11. The Labute approximate surface area is 99.3 Å². The van der Waals surface area contributed by atoms with Crippen LogP contribution < -0.4 is 5.32 Å². The molecule has 3 nitrogen and oxygen atoms in total. The third kappa shape index (κ3) is 2.25. The molecule has 0 spiro atoms. The predicted octanol–water partition coefficient (Wildman–Crippen LogP) is 2.65. The maximum absolute atomic E-state index is 12.7. The Morgan fingerprint density at radius 3 is 2.44 bits per heavy atom. The number of hydrogen-bond donors (Lipinski definition) is 1. The predicted molar refractivity (Wildman–Crippen MR) is 57.1 cm³/mol. The van der Waals surface area contributed by atoms with E-state index in [0.717, 1.165) is 13.2 Å². The first-order chi connectivity index (χ1) is 7.32. The van der Waals surface area contributed by atoms with Gasteiger partial charge in [-0.15, -0.1) is 0 Å². The third-order valence-electron chi connectivity index (χ3n) is 1.98. The minimum atomic E-state index is -4.50. The van der Waals surface area contributed by atoms with Crippen LogP contribution in [0.4, 0.5) is 13.2 Å². The lowest BCUT2D eigenvalue weighted by Gasteiger charge is -2.32. The van der Waals surface area contributed by atoms with Crippen molar-refractivity contribution in [3.05, 3.63) is 34.2 Å². The standard InChI is InChI=1S/C9H10BrF3N2O/c1-5-8(14-2)6(10)4-7(9(11,12)13)15(5)16-3/h4,14H,1H2,2-3H3. The van der Waals surface area contributed by atoms with Crippen molar-refractivity contribution in [2.45, 2.75) is 6.18 Å². The number of halogens is 4. The molecule has 0 atom stereocenters. The zero-order valence-corrected chi connectivity index (χ0v) is 10.2. The monoisotopic (exact) mass is 298 g/mol. The van der Waals surface area contributed by atoms with Crippen molar-refractivity contribution in [2.24, 2.45) is 0 Å². The molecule has 0 unspecified atom stereocenters. The van der Waals surface area contributed by atoms with E-state index in [2.05, 4.69) is 32.7 Å². The molecule has 0 aromatic carbocycles. The first-order valence-corrected chi connectivity index (χ1v) is 5.02. The van der Waals surface area contributed by atoms with Gasteiger partial charge in [-0.1, -0.05) is 6.58 Å². The highest BCUT2D eigenvalue weighted by Crippen LogP contribution is 2.38. The summed E-state index contributed by atoms with van der Waals surface area (Å²) in [5.74, 6) is 0. The molecule has 1 N–H and O–H groups in total. The van der Waals surface area contributed by atoms with Gasteiger partial charge >= 0.3 is 6.18 Å². The highest BCUT2D eigenvalue weighted by Gasteiger charge is 2.42. The van der Waals surface area contributed by atoms with E-state index in [4.69, 9.17) is 0 Å². The minimum absolute atomic E-state index is 0.0895. The lowest BCUT2D eigenvalue weighted by Crippen LogP contribution is -2.35. The van der Waals surface area contributed by atoms with Gasteiger partial charge in [-0.25, -0.2) is 5.06 Å². The molecular weight excluding hydrogens is 289 g/mol. The number of nitrogens with zero attached hydrogens (tertiary/aromatic N) is 1. The fourth-order valence-corrected chi connectivity index (χ4v) is 1.95. The van der Waals surface area contributed by atoms with Gasteiger partial charge in [-0.3, -0.25) is 4.84 Å². The number of likely N-dealkylation sites (N-methyl/N-ethyl adjacent to an activating group) is 1. The van der Waals surface area contributed by atoms with Crippen LogP contribution in [0.2, 0.25) is 0 Å². The molecule has 0 fully saturated rings. The Hall–Kier alpha value is -0.950. The molecule has 0 amide bonds. The zero-order valence-electron chi connectivity index (χ0n) is 8.65. The Morgan fingerprint density at radius 2 is 2.06 bits per heavy atom. The fraction of sp³-hybridized carbons (Fsp3) is 0.333. The molecule has 0 saturated carbocycles. The summed E-state index contributed by atoms with van der Waals surface area (Å²) >= 11 is 3.04. The summed E-state index contributed by atoms with van der Waals surface area (Å²) in [7, 11) is 2.74. The van der Waals surface area contributed by atoms with Crippen molar-refractivity contribution in [2.75, 3.05) is 14.2 Å². The molecule has 0 saturated heterocycles. The van der Waals surface area contributed by atoms with Gasteiger partial charge in [-0.05, 0) is 22.0 Å². The summed E-state index contributed by atoms with van der Waals surface area (Å²) in [6, 6.07) is 0. The fourth-order valence-electron chi connectivity index (χ4n) is 1.30. The molecule has 0 aromatic heterocycles. The van der Waals surface area contributed by atoms with E-state index in [1.807, 2.05) is 0 Å². The first kappa shape index (κ1) is 13.1. The van der Waals surface area contributed by atoms with Crippen molar-refractivity contribution in [3.63, 3.8) is 0 Å². The average Bonchev–Trinajstić information content (AvgIpc) is 2.16. The van der Waals surface area contributed by atoms with Crippen LogP contribution in [0.3, 0.4) is 0 Å².